The molecule has 0 spiro atoms. The first-order chi connectivity index (χ1) is 9.51. The molecule has 0 heterocycles. The van der Waals surface area contributed by atoms with E-state index < -0.39 is 17.5 Å². The molecule has 0 saturated carbocycles. The molecule has 0 aliphatic carbocycles. The van der Waals surface area contributed by atoms with Crippen molar-refractivity contribution in [2.24, 2.45) is 0 Å². The number of halogens is 2. The molecule has 1 amide bonds. The van der Waals surface area contributed by atoms with Crippen molar-refractivity contribution in [2.75, 3.05) is 18.2 Å². The molecule has 0 fully saturated rings. The van der Waals surface area contributed by atoms with Crippen LogP contribution in [0.4, 0.5) is 20.2 Å². The van der Waals surface area contributed by atoms with Crippen molar-refractivity contribution in [2.45, 2.75) is 0 Å². The van der Waals surface area contributed by atoms with Gasteiger partial charge in [-0.25, -0.2) is 8.78 Å². The number of nitrogens with one attached hydrogen (secondary N) is 1. The van der Waals surface area contributed by atoms with E-state index in [0.29, 0.717) is 23.2 Å². The number of anilines is 2. The summed E-state index contributed by atoms with van der Waals surface area (Å²) in [6.07, 6.45) is 0. The lowest BCUT2D eigenvalue weighted by Crippen LogP contribution is -2.14. The number of hydrogen-bond donors (Lipinski definition) is 2. The standard InChI is InChI=1S/C14H12F2N2O2/c1-20-13-7-9(17)3-5-12(13)18-14(19)10-4-2-8(15)6-11(10)16/h2-7H,17H2,1H3,(H,18,19). The van der Waals surface area contributed by atoms with Crippen LogP contribution < -0.4 is 15.8 Å². The van der Waals surface area contributed by atoms with Gasteiger partial charge in [-0.1, -0.05) is 0 Å². The summed E-state index contributed by atoms with van der Waals surface area (Å²) in [4.78, 5) is 11.9. The lowest BCUT2D eigenvalue weighted by atomic mass is 10.2. The van der Waals surface area contributed by atoms with E-state index in [1.165, 1.54) is 19.2 Å². The predicted octanol–water partition coefficient (Wildman–Crippen LogP) is 2.81. The molecule has 0 aliphatic heterocycles. The summed E-state index contributed by atoms with van der Waals surface area (Å²) in [5, 5.41) is 2.48. The third-order valence-corrected chi connectivity index (χ3v) is 2.65. The van der Waals surface area contributed by atoms with Gasteiger partial charge in [0.2, 0.25) is 0 Å². The number of carbonyl (C=O) groups excluding carboxylic acids is 1. The molecule has 0 bridgehead atoms. The van der Waals surface area contributed by atoms with Crippen molar-refractivity contribution in [3.05, 3.63) is 53.6 Å². The maximum absolute atomic E-state index is 13.5. The molecular weight excluding hydrogens is 266 g/mol. The molecule has 3 N–H and O–H groups in total. The second-order valence-corrected chi connectivity index (χ2v) is 4.04. The van der Waals surface area contributed by atoms with E-state index in [-0.39, 0.29) is 5.56 Å². The van der Waals surface area contributed by atoms with E-state index >= 15 is 0 Å². The van der Waals surface area contributed by atoms with E-state index in [0.717, 1.165) is 12.1 Å². The third-order valence-electron chi connectivity index (χ3n) is 2.65. The number of carbonyl (C=O) groups is 1. The van der Waals surface area contributed by atoms with Gasteiger partial charge >= 0.3 is 0 Å². The Morgan fingerprint density at radius 1 is 1.20 bits per heavy atom. The van der Waals surface area contributed by atoms with Crippen LogP contribution in [-0.2, 0) is 0 Å². The van der Waals surface area contributed by atoms with Gasteiger partial charge in [0.15, 0.2) is 0 Å². The van der Waals surface area contributed by atoms with Crippen LogP contribution >= 0.6 is 0 Å². The Morgan fingerprint density at radius 3 is 2.60 bits per heavy atom. The molecule has 2 aromatic carbocycles. The van der Waals surface area contributed by atoms with Crippen molar-refractivity contribution in [1.29, 1.82) is 0 Å². The van der Waals surface area contributed by atoms with Gasteiger partial charge in [-0.3, -0.25) is 4.79 Å². The minimum atomic E-state index is -0.933. The van der Waals surface area contributed by atoms with Gasteiger partial charge in [0.1, 0.15) is 17.4 Å². The maximum atomic E-state index is 13.5. The first-order valence-electron chi connectivity index (χ1n) is 5.71. The molecule has 2 aromatic rings. The van der Waals surface area contributed by atoms with E-state index in [4.69, 9.17) is 10.5 Å². The smallest absolute Gasteiger partial charge is 0.258 e. The van der Waals surface area contributed by atoms with Crippen LogP contribution in [0.15, 0.2) is 36.4 Å². The normalized spacial score (nSPS) is 10.2. The van der Waals surface area contributed by atoms with Crippen LogP contribution in [0.1, 0.15) is 10.4 Å². The van der Waals surface area contributed by atoms with Gasteiger partial charge in [-0.15, -0.1) is 0 Å². The Kier molecular flexibility index (Phi) is 3.84. The molecule has 4 nitrogen and oxygen atoms in total. The largest absolute Gasteiger partial charge is 0.494 e. The van der Waals surface area contributed by atoms with Crippen LogP contribution in [0.25, 0.3) is 0 Å². The second-order valence-electron chi connectivity index (χ2n) is 4.04. The van der Waals surface area contributed by atoms with Gasteiger partial charge in [0.25, 0.3) is 5.91 Å². The van der Waals surface area contributed by atoms with Crippen LogP contribution in [-0.4, -0.2) is 13.0 Å². The summed E-state index contributed by atoms with van der Waals surface area (Å²) in [7, 11) is 1.42. The summed E-state index contributed by atoms with van der Waals surface area (Å²) in [6, 6.07) is 7.36. The average molecular weight is 278 g/mol. The van der Waals surface area contributed by atoms with Gasteiger partial charge in [-0.2, -0.15) is 0 Å². The van der Waals surface area contributed by atoms with Crippen molar-refractivity contribution >= 4 is 17.3 Å². The molecular formula is C14H12F2N2O2. The predicted molar refractivity (Wildman–Crippen MR) is 71.7 cm³/mol. The third kappa shape index (κ3) is 2.85. The number of methoxy groups -OCH3 is 1. The number of nitrogens with two attached hydrogens (primary N) is 1. The fourth-order valence-corrected chi connectivity index (χ4v) is 1.67. The molecule has 0 unspecified atom stereocenters. The summed E-state index contributed by atoms with van der Waals surface area (Å²) in [5.74, 6) is -2.03. The summed E-state index contributed by atoms with van der Waals surface area (Å²) >= 11 is 0. The Bertz CT molecular complexity index is 660. The zero-order valence-electron chi connectivity index (χ0n) is 10.6. The van der Waals surface area contributed by atoms with Crippen LogP contribution in [0, 0.1) is 11.6 Å². The number of rotatable bonds is 3. The van der Waals surface area contributed by atoms with Gasteiger partial charge in [0, 0.05) is 17.8 Å². The molecule has 0 radical (unpaired) electrons. The zero-order chi connectivity index (χ0) is 14.7. The Labute approximate surface area is 114 Å². The summed E-state index contributed by atoms with van der Waals surface area (Å²) in [5.41, 5.74) is 6.14. The van der Waals surface area contributed by atoms with Gasteiger partial charge < -0.3 is 15.8 Å². The Morgan fingerprint density at radius 2 is 1.95 bits per heavy atom. The number of nitrogen functional groups attached to an aromatic ring is 1. The summed E-state index contributed by atoms with van der Waals surface area (Å²) < 4.78 is 31.4. The highest BCUT2D eigenvalue weighted by Gasteiger charge is 2.14. The SMILES string of the molecule is COc1cc(N)ccc1NC(=O)c1ccc(F)cc1F. The highest BCUT2D eigenvalue weighted by molar-refractivity contribution is 6.05. The highest BCUT2D eigenvalue weighted by Crippen LogP contribution is 2.27. The zero-order valence-corrected chi connectivity index (χ0v) is 10.6. The average Bonchev–Trinajstić information content (AvgIpc) is 2.40. The lowest BCUT2D eigenvalue weighted by Gasteiger charge is -2.11. The molecule has 2 rings (SSSR count). The highest BCUT2D eigenvalue weighted by atomic mass is 19.1. The number of ether oxygens (including phenoxy) is 1. The fraction of sp³-hybridized carbons (Fsp3) is 0.0714. The first kappa shape index (κ1) is 13.8. The van der Waals surface area contributed by atoms with Crippen LogP contribution in [0.2, 0.25) is 0 Å². The van der Waals surface area contributed by atoms with E-state index in [1.807, 2.05) is 0 Å². The monoisotopic (exact) mass is 278 g/mol. The molecule has 0 atom stereocenters. The minimum Gasteiger partial charge on any atom is -0.494 e. The molecule has 0 saturated heterocycles. The van der Waals surface area contributed by atoms with Gasteiger partial charge in [-0.05, 0) is 24.3 Å². The van der Waals surface area contributed by atoms with Crippen molar-refractivity contribution in [3.63, 3.8) is 0 Å². The van der Waals surface area contributed by atoms with Crippen molar-refractivity contribution < 1.29 is 18.3 Å². The van der Waals surface area contributed by atoms with E-state index in [9.17, 15) is 13.6 Å². The topological polar surface area (TPSA) is 64.3 Å². The van der Waals surface area contributed by atoms with Crippen molar-refractivity contribution in [1.82, 2.24) is 0 Å². The second kappa shape index (κ2) is 5.56. The number of amides is 1. The van der Waals surface area contributed by atoms with Crippen LogP contribution in [0.3, 0.4) is 0 Å². The quantitative estimate of drug-likeness (QED) is 0.848. The molecule has 0 aromatic heterocycles. The fourth-order valence-electron chi connectivity index (χ4n) is 1.67. The molecule has 104 valence electrons. The Balaban J connectivity index is 2.28. The van der Waals surface area contributed by atoms with Gasteiger partial charge in [0.05, 0.1) is 18.4 Å². The summed E-state index contributed by atoms with van der Waals surface area (Å²) in [6.45, 7) is 0. The molecule has 6 heteroatoms. The Hall–Kier alpha value is -2.63. The van der Waals surface area contributed by atoms with Crippen LogP contribution in [0.5, 0.6) is 5.75 Å². The number of benzene rings is 2. The first-order valence-corrected chi connectivity index (χ1v) is 5.71. The van der Waals surface area contributed by atoms with E-state index in [2.05, 4.69) is 5.32 Å². The van der Waals surface area contributed by atoms with E-state index in [1.54, 1.807) is 6.07 Å². The minimum absolute atomic E-state index is 0.259. The number of hydrogen-bond acceptors (Lipinski definition) is 3. The lowest BCUT2D eigenvalue weighted by molar-refractivity contribution is 0.102. The molecule has 0 aliphatic rings. The molecule has 20 heavy (non-hydrogen) atoms. The maximum Gasteiger partial charge on any atom is 0.258 e. The van der Waals surface area contributed by atoms with Crippen molar-refractivity contribution in [3.8, 4) is 5.75 Å².